The van der Waals surface area contributed by atoms with E-state index in [0.717, 1.165) is 6.07 Å². The number of aromatic carboxylic acids is 1. The van der Waals surface area contributed by atoms with Crippen LogP contribution >= 0.6 is 0 Å². The number of pyridine rings is 1. The van der Waals surface area contributed by atoms with E-state index in [0.29, 0.717) is 0 Å². The Hall–Kier alpha value is -2.69. The number of hydrogen-bond acceptors (Lipinski definition) is 6. The van der Waals surface area contributed by atoms with Gasteiger partial charge in [-0.2, -0.15) is 10.2 Å². The molecule has 8 nitrogen and oxygen atoms in total. The lowest BCUT2D eigenvalue weighted by molar-refractivity contribution is -0.385. The Morgan fingerprint density at radius 1 is 1.76 bits per heavy atom. The van der Waals surface area contributed by atoms with Gasteiger partial charge in [-0.15, -0.1) is 0 Å². The van der Waals surface area contributed by atoms with Gasteiger partial charge in [0, 0.05) is 6.07 Å². The molecule has 0 bridgehead atoms. The molecule has 1 heterocycles. The molecule has 8 heteroatoms. The topological polar surface area (TPSA) is 126 Å². The summed E-state index contributed by atoms with van der Waals surface area (Å²) in [7, 11) is 0. The predicted octanol–water partition coefficient (Wildman–Crippen LogP) is 0.958. The molecule has 0 fully saturated rings. The Morgan fingerprint density at radius 3 is 2.82 bits per heavy atom. The summed E-state index contributed by atoms with van der Waals surface area (Å²) in [5.41, 5.74) is -1.67. The van der Waals surface area contributed by atoms with Gasteiger partial charge < -0.3 is 9.84 Å². The fraction of sp³-hybridized carbons (Fsp3) is 0.222. The van der Waals surface area contributed by atoms with Crippen molar-refractivity contribution in [2.45, 2.75) is 6.92 Å². The second kappa shape index (κ2) is 4.89. The van der Waals surface area contributed by atoms with E-state index in [1.54, 1.807) is 13.0 Å². The highest BCUT2D eigenvalue weighted by atomic mass is 16.6. The summed E-state index contributed by atoms with van der Waals surface area (Å²) >= 11 is 0. The van der Waals surface area contributed by atoms with E-state index < -0.39 is 22.3 Å². The Morgan fingerprint density at radius 2 is 2.41 bits per heavy atom. The standard InChI is InChI=1S/C9H7N3O5/c1-2-17-8-5(4-10)3-6(12(15)16)7(11-8)9(13)14/h3H,2H2,1H3,(H,13,14). The number of carboxylic acids is 1. The molecular weight excluding hydrogens is 230 g/mol. The molecule has 0 amide bonds. The van der Waals surface area contributed by atoms with E-state index >= 15 is 0 Å². The van der Waals surface area contributed by atoms with Crippen LogP contribution in [-0.2, 0) is 0 Å². The summed E-state index contributed by atoms with van der Waals surface area (Å²) in [6.07, 6.45) is 0. The smallest absolute Gasteiger partial charge is 0.361 e. The minimum atomic E-state index is -1.55. The van der Waals surface area contributed by atoms with E-state index in [2.05, 4.69) is 4.98 Å². The molecule has 88 valence electrons. The third kappa shape index (κ3) is 2.46. The van der Waals surface area contributed by atoms with Gasteiger partial charge in [0.1, 0.15) is 11.6 Å². The zero-order valence-electron chi connectivity index (χ0n) is 8.71. The molecule has 0 aliphatic heterocycles. The lowest BCUT2D eigenvalue weighted by atomic mass is 10.2. The Kier molecular flexibility index (Phi) is 3.56. The van der Waals surface area contributed by atoms with E-state index in [9.17, 15) is 14.9 Å². The SMILES string of the molecule is CCOc1nc(C(=O)O)c([N+](=O)[O-])cc1C#N. The second-order valence-electron chi connectivity index (χ2n) is 2.82. The summed E-state index contributed by atoms with van der Waals surface area (Å²) in [5, 5.41) is 28.1. The van der Waals surface area contributed by atoms with Crippen LogP contribution in [0.3, 0.4) is 0 Å². The van der Waals surface area contributed by atoms with Crippen LogP contribution in [0.1, 0.15) is 23.0 Å². The molecule has 1 aromatic heterocycles. The quantitative estimate of drug-likeness (QED) is 0.610. The van der Waals surface area contributed by atoms with E-state index in [4.69, 9.17) is 15.1 Å². The first kappa shape index (κ1) is 12.4. The molecule has 0 radical (unpaired) electrons. The van der Waals surface area contributed by atoms with Crippen LogP contribution in [0, 0.1) is 21.4 Å². The highest BCUT2D eigenvalue weighted by Gasteiger charge is 2.25. The maximum Gasteiger partial charge on any atom is 0.361 e. The molecule has 0 atom stereocenters. The van der Waals surface area contributed by atoms with Crippen molar-refractivity contribution in [2.24, 2.45) is 0 Å². The van der Waals surface area contributed by atoms with Crippen LogP contribution in [0.25, 0.3) is 0 Å². The number of nitriles is 1. The molecule has 1 aromatic rings. The largest absolute Gasteiger partial charge is 0.477 e. The molecule has 0 unspecified atom stereocenters. The third-order valence-corrected chi connectivity index (χ3v) is 1.77. The minimum Gasteiger partial charge on any atom is -0.477 e. The van der Waals surface area contributed by atoms with Gasteiger partial charge >= 0.3 is 11.7 Å². The Balaban J connectivity index is 3.49. The van der Waals surface area contributed by atoms with Gasteiger partial charge in [0.25, 0.3) is 0 Å². The number of hydrogen-bond donors (Lipinski definition) is 1. The second-order valence-corrected chi connectivity index (χ2v) is 2.82. The highest BCUT2D eigenvalue weighted by molar-refractivity contribution is 5.90. The first-order valence-electron chi connectivity index (χ1n) is 4.46. The minimum absolute atomic E-state index is 0.165. The number of ether oxygens (including phenoxy) is 1. The zero-order valence-corrected chi connectivity index (χ0v) is 8.71. The lowest BCUT2D eigenvalue weighted by Crippen LogP contribution is -2.09. The fourth-order valence-corrected chi connectivity index (χ4v) is 1.11. The number of rotatable bonds is 4. The van der Waals surface area contributed by atoms with Crippen molar-refractivity contribution in [1.82, 2.24) is 4.98 Å². The lowest BCUT2D eigenvalue weighted by Gasteiger charge is -2.05. The first-order valence-corrected chi connectivity index (χ1v) is 4.46. The number of carbonyl (C=O) groups is 1. The van der Waals surface area contributed by atoms with Gasteiger partial charge in [-0.05, 0) is 6.92 Å². The summed E-state index contributed by atoms with van der Waals surface area (Å²) in [5.74, 6) is -1.78. The van der Waals surface area contributed by atoms with Gasteiger partial charge in [0.05, 0.1) is 11.5 Å². The molecular formula is C9H7N3O5. The predicted molar refractivity (Wildman–Crippen MR) is 53.7 cm³/mol. The average Bonchev–Trinajstić information content (AvgIpc) is 2.28. The Bertz CT molecular complexity index is 520. The maximum absolute atomic E-state index is 10.8. The van der Waals surface area contributed by atoms with Crippen molar-refractivity contribution >= 4 is 11.7 Å². The van der Waals surface area contributed by atoms with E-state index in [1.165, 1.54) is 0 Å². The van der Waals surface area contributed by atoms with Gasteiger partial charge in [-0.1, -0.05) is 0 Å². The molecule has 0 aliphatic carbocycles. The molecule has 1 N–H and O–H groups in total. The van der Waals surface area contributed by atoms with Gasteiger partial charge in [0.15, 0.2) is 0 Å². The third-order valence-electron chi connectivity index (χ3n) is 1.77. The van der Waals surface area contributed by atoms with Crippen LogP contribution in [0.15, 0.2) is 6.07 Å². The molecule has 0 saturated carbocycles. The number of aromatic nitrogens is 1. The van der Waals surface area contributed by atoms with E-state index in [1.807, 2.05) is 0 Å². The van der Waals surface area contributed by atoms with Crippen LogP contribution in [0.5, 0.6) is 5.88 Å². The first-order chi connectivity index (χ1) is 8.01. The van der Waals surface area contributed by atoms with Gasteiger partial charge in [-0.3, -0.25) is 10.1 Å². The summed E-state index contributed by atoms with van der Waals surface area (Å²) in [6.45, 7) is 1.78. The van der Waals surface area contributed by atoms with Crippen LogP contribution in [0.4, 0.5) is 5.69 Å². The van der Waals surface area contributed by atoms with Gasteiger partial charge in [0.2, 0.25) is 11.6 Å². The fourth-order valence-electron chi connectivity index (χ4n) is 1.11. The van der Waals surface area contributed by atoms with Crippen molar-refractivity contribution in [3.8, 4) is 11.9 Å². The van der Waals surface area contributed by atoms with Crippen LogP contribution in [-0.4, -0.2) is 27.6 Å². The van der Waals surface area contributed by atoms with Crippen LogP contribution in [0.2, 0.25) is 0 Å². The number of carboxylic acid groups (broad SMARTS) is 1. The average molecular weight is 237 g/mol. The van der Waals surface area contributed by atoms with Crippen molar-refractivity contribution < 1.29 is 19.6 Å². The molecule has 0 aliphatic rings. The molecule has 17 heavy (non-hydrogen) atoms. The number of nitrogens with zero attached hydrogens (tertiary/aromatic N) is 3. The molecule has 1 rings (SSSR count). The van der Waals surface area contributed by atoms with Crippen molar-refractivity contribution in [2.75, 3.05) is 6.61 Å². The summed E-state index contributed by atoms with van der Waals surface area (Å²) in [6, 6.07) is 2.49. The number of nitro groups is 1. The Labute approximate surface area is 95.2 Å². The van der Waals surface area contributed by atoms with E-state index in [-0.39, 0.29) is 18.1 Å². The maximum atomic E-state index is 10.8. The van der Waals surface area contributed by atoms with Crippen molar-refractivity contribution in [3.05, 3.63) is 27.4 Å². The molecule has 0 aromatic carbocycles. The molecule has 0 saturated heterocycles. The highest BCUT2D eigenvalue weighted by Crippen LogP contribution is 2.24. The summed E-state index contributed by atoms with van der Waals surface area (Å²) < 4.78 is 4.93. The van der Waals surface area contributed by atoms with Crippen molar-refractivity contribution in [1.29, 1.82) is 5.26 Å². The normalized spacial score (nSPS) is 9.41. The monoisotopic (exact) mass is 237 g/mol. The molecule has 0 spiro atoms. The van der Waals surface area contributed by atoms with Gasteiger partial charge in [-0.25, -0.2) is 4.79 Å². The van der Waals surface area contributed by atoms with Crippen LogP contribution < -0.4 is 4.74 Å². The van der Waals surface area contributed by atoms with Crippen molar-refractivity contribution in [3.63, 3.8) is 0 Å². The zero-order chi connectivity index (χ0) is 13.0. The summed E-state index contributed by atoms with van der Waals surface area (Å²) in [4.78, 5) is 24.0.